The SMILES string of the molecule is C=C(/C=C(C)\C=C(/C)c1ccccc1)c1ccccc1. The minimum absolute atomic E-state index is 1.04. The van der Waals surface area contributed by atoms with Crippen molar-refractivity contribution in [2.24, 2.45) is 0 Å². The van der Waals surface area contributed by atoms with Crippen molar-refractivity contribution in [3.8, 4) is 0 Å². The normalized spacial score (nSPS) is 12.3. The highest BCUT2D eigenvalue weighted by atomic mass is 14.0. The minimum Gasteiger partial charge on any atom is -0.0912 e. The maximum Gasteiger partial charge on any atom is -0.0190 e. The molecule has 0 unspecified atom stereocenters. The van der Waals surface area contributed by atoms with E-state index in [-0.39, 0.29) is 0 Å². The van der Waals surface area contributed by atoms with Crippen LogP contribution in [0.25, 0.3) is 11.1 Å². The van der Waals surface area contributed by atoms with Crippen molar-refractivity contribution in [3.05, 3.63) is 96.1 Å². The van der Waals surface area contributed by atoms with Gasteiger partial charge in [-0.25, -0.2) is 0 Å². The number of allylic oxidation sites excluding steroid dienone is 5. The smallest absolute Gasteiger partial charge is 0.0190 e. The molecule has 0 saturated heterocycles. The van der Waals surface area contributed by atoms with E-state index in [0.717, 1.165) is 11.1 Å². The average molecular weight is 260 g/mol. The average Bonchev–Trinajstić information content (AvgIpc) is 2.49. The Morgan fingerprint density at radius 3 is 1.80 bits per heavy atom. The van der Waals surface area contributed by atoms with E-state index in [0.29, 0.717) is 0 Å². The lowest BCUT2D eigenvalue weighted by atomic mass is 10.0. The van der Waals surface area contributed by atoms with Crippen molar-refractivity contribution in [1.82, 2.24) is 0 Å². The third kappa shape index (κ3) is 3.83. The molecule has 0 aromatic heterocycles. The molecule has 0 bridgehead atoms. The second-order valence-electron chi connectivity index (χ2n) is 4.97. The van der Waals surface area contributed by atoms with E-state index < -0.39 is 0 Å². The van der Waals surface area contributed by atoms with Crippen LogP contribution in [0, 0.1) is 0 Å². The Kier molecular flexibility index (Phi) is 4.73. The molecule has 0 amide bonds. The van der Waals surface area contributed by atoms with Gasteiger partial charge in [-0.1, -0.05) is 85.0 Å². The molecule has 2 rings (SSSR count). The Hall–Kier alpha value is -2.34. The van der Waals surface area contributed by atoms with Gasteiger partial charge in [0.2, 0.25) is 0 Å². The molecule has 0 aliphatic heterocycles. The van der Waals surface area contributed by atoms with Crippen molar-refractivity contribution in [1.29, 1.82) is 0 Å². The maximum absolute atomic E-state index is 4.14. The summed E-state index contributed by atoms with van der Waals surface area (Å²) in [5, 5.41) is 0. The summed E-state index contributed by atoms with van der Waals surface area (Å²) in [6.07, 6.45) is 4.32. The zero-order valence-electron chi connectivity index (χ0n) is 12.1. The second-order valence-corrected chi connectivity index (χ2v) is 4.97. The molecule has 0 atom stereocenters. The molecule has 2 aromatic carbocycles. The molecule has 0 N–H and O–H groups in total. The van der Waals surface area contributed by atoms with E-state index in [1.54, 1.807) is 0 Å². The standard InChI is InChI=1S/C20H20/c1-16(14-17(2)19-10-6-4-7-11-19)15-18(3)20-12-8-5-9-13-20/h4-15H,2H2,1,3H3/b16-14-,18-15+. The molecule has 0 aliphatic rings. The predicted octanol–water partition coefficient (Wildman–Crippen LogP) is 5.75. The third-order valence-corrected chi connectivity index (χ3v) is 3.22. The van der Waals surface area contributed by atoms with Crippen LogP contribution in [0.3, 0.4) is 0 Å². The van der Waals surface area contributed by atoms with Crippen LogP contribution in [0.1, 0.15) is 25.0 Å². The van der Waals surface area contributed by atoms with Gasteiger partial charge in [-0.15, -0.1) is 0 Å². The van der Waals surface area contributed by atoms with Crippen molar-refractivity contribution in [3.63, 3.8) is 0 Å². The van der Waals surface area contributed by atoms with Crippen molar-refractivity contribution >= 4 is 11.1 Å². The van der Waals surface area contributed by atoms with Crippen molar-refractivity contribution < 1.29 is 0 Å². The van der Waals surface area contributed by atoms with Crippen LogP contribution >= 0.6 is 0 Å². The Morgan fingerprint density at radius 1 is 0.750 bits per heavy atom. The first kappa shape index (κ1) is 14.1. The summed E-state index contributed by atoms with van der Waals surface area (Å²) in [7, 11) is 0. The topological polar surface area (TPSA) is 0 Å². The maximum atomic E-state index is 4.14. The van der Waals surface area contributed by atoms with Crippen LogP contribution < -0.4 is 0 Å². The third-order valence-electron chi connectivity index (χ3n) is 3.22. The van der Waals surface area contributed by atoms with Gasteiger partial charge >= 0.3 is 0 Å². The molecular formula is C20H20. The first-order valence-corrected chi connectivity index (χ1v) is 6.83. The molecule has 0 nitrogen and oxygen atoms in total. The van der Waals surface area contributed by atoms with Gasteiger partial charge in [-0.05, 0) is 36.1 Å². The fraction of sp³-hybridized carbons (Fsp3) is 0.100. The van der Waals surface area contributed by atoms with E-state index in [1.165, 1.54) is 16.7 Å². The quantitative estimate of drug-likeness (QED) is 0.614. The number of hydrogen-bond acceptors (Lipinski definition) is 0. The highest BCUT2D eigenvalue weighted by Gasteiger charge is 1.97. The number of benzene rings is 2. The van der Waals surface area contributed by atoms with E-state index >= 15 is 0 Å². The largest absolute Gasteiger partial charge is 0.0912 e. The van der Waals surface area contributed by atoms with Gasteiger partial charge < -0.3 is 0 Å². The molecule has 0 fully saturated rings. The monoisotopic (exact) mass is 260 g/mol. The molecule has 0 spiro atoms. The van der Waals surface area contributed by atoms with Crippen LogP contribution in [0.5, 0.6) is 0 Å². The first-order chi connectivity index (χ1) is 9.66. The summed E-state index contributed by atoms with van der Waals surface area (Å²) in [6, 6.07) is 20.7. The highest BCUT2D eigenvalue weighted by Crippen LogP contribution is 2.19. The van der Waals surface area contributed by atoms with E-state index in [4.69, 9.17) is 0 Å². The van der Waals surface area contributed by atoms with Gasteiger partial charge in [0.15, 0.2) is 0 Å². The van der Waals surface area contributed by atoms with Gasteiger partial charge in [0, 0.05) is 0 Å². The summed E-state index contributed by atoms with van der Waals surface area (Å²) in [5.41, 5.74) is 5.93. The molecule has 0 aliphatic carbocycles. The van der Waals surface area contributed by atoms with Crippen LogP contribution in [0.4, 0.5) is 0 Å². The lowest BCUT2D eigenvalue weighted by Gasteiger charge is -2.04. The summed E-state index contributed by atoms with van der Waals surface area (Å²) in [6.45, 7) is 8.39. The van der Waals surface area contributed by atoms with Crippen molar-refractivity contribution in [2.75, 3.05) is 0 Å². The summed E-state index contributed by atoms with van der Waals surface area (Å²) >= 11 is 0. The van der Waals surface area contributed by atoms with Crippen LogP contribution in [0.2, 0.25) is 0 Å². The summed E-state index contributed by atoms with van der Waals surface area (Å²) in [4.78, 5) is 0. The minimum atomic E-state index is 1.04. The van der Waals surface area contributed by atoms with Crippen LogP contribution in [-0.2, 0) is 0 Å². The summed E-state index contributed by atoms with van der Waals surface area (Å²) < 4.78 is 0. The zero-order valence-corrected chi connectivity index (χ0v) is 12.1. The van der Waals surface area contributed by atoms with Gasteiger partial charge in [0.05, 0.1) is 0 Å². The van der Waals surface area contributed by atoms with Crippen LogP contribution in [-0.4, -0.2) is 0 Å². The first-order valence-electron chi connectivity index (χ1n) is 6.83. The van der Waals surface area contributed by atoms with E-state index in [9.17, 15) is 0 Å². The Balaban J connectivity index is 2.17. The Labute approximate surface area is 121 Å². The zero-order chi connectivity index (χ0) is 14.4. The van der Waals surface area contributed by atoms with Gasteiger partial charge in [0.25, 0.3) is 0 Å². The van der Waals surface area contributed by atoms with Gasteiger partial charge in [0.1, 0.15) is 0 Å². The molecular weight excluding hydrogens is 240 g/mol. The lowest BCUT2D eigenvalue weighted by Crippen LogP contribution is -1.82. The fourth-order valence-electron chi connectivity index (χ4n) is 2.18. The second kappa shape index (κ2) is 6.72. The number of rotatable bonds is 4. The van der Waals surface area contributed by atoms with E-state index in [1.807, 2.05) is 24.3 Å². The Bertz CT molecular complexity index is 628. The molecule has 0 heterocycles. The molecule has 2 aromatic rings. The van der Waals surface area contributed by atoms with Gasteiger partial charge in [-0.2, -0.15) is 0 Å². The van der Waals surface area contributed by atoms with Crippen LogP contribution in [0.15, 0.2) is 85.0 Å². The molecule has 20 heavy (non-hydrogen) atoms. The predicted molar refractivity (Wildman–Crippen MR) is 89.3 cm³/mol. The van der Waals surface area contributed by atoms with Crippen molar-refractivity contribution in [2.45, 2.75) is 13.8 Å². The fourth-order valence-corrected chi connectivity index (χ4v) is 2.18. The molecule has 0 radical (unpaired) electrons. The summed E-state index contributed by atoms with van der Waals surface area (Å²) in [5.74, 6) is 0. The number of hydrogen-bond donors (Lipinski definition) is 0. The Morgan fingerprint density at radius 2 is 1.25 bits per heavy atom. The van der Waals surface area contributed by atoms with E-state index in [2.05, 4.69) is 69.0 Å². The molecule has 100 valence electrons. The molecule has 0 heteroatoms. The lowest BCUT2D eigenvalue weighted by molar-refractivity contribution is 1.48. The highest BCUT2D eigenvalue weighted by molar-refractivity contribution is 5.74. The van der Waals surface area contributed by atoms with Gasteiger partial charge in [-0.3, -0.25) is 0 Å². The molecule has 0 saturated carbocycles.